The predicted molar refractivity (Wildman–Crippen MR) is 154 cm³/mol. The van der Waals surface area contributed by atoms with Crippen LogP contribution >= 0.6 is 0 Å². The van der Waals surface area contributed by atoms with Gasteiger partial charge in [-0.15, -0.1) is 0 Å². The number of rotatable bonds is 11. The quantitative estimate of drug-likeness (QED) is 0.215. The van der Waals surface area contributed by atoms with E-state index in [0.29, 0.717) is 44.8 Å². The molecule has 0 aliphatic carbocycles. The number of aromatic nitrogens is 1. The van der Waals surface area contributed by atoms with E-state index in [1.807, 2.05) is 38.1 Å². The van der Waals surface area contributed by atoms with Crippen molar-refractivity contribution in [2.75, 3.05) is 13.7 Å². The second-order valence-electron chi connectivity index (χ2n) is 9.33. The van der Waals surface area contributed by atoms with Crippen molar-refractivity contribution in [2.45, 2.75) is 33.7 Å². The molecular formula is C30H31N3O8S. The van der Waals surface area contributed by atoms with Crippen molar-refractivity contribution in [3.63, 3.8) is 0 Å². The Morgan fingerprint density at radius 3 is 2.21 bits per heavy atom. The van der Waals surface area contributed by atoms with Gasteiger partial charge in [0.2, 0.25) is 5.89 Å². The number of hydroxylamine groups is 1. The summed E-state index contributed by atoms with van der Waals surface area (Å²) >= 11 is 0. The minimum absolute atomic E-state index is 0.157. The third kappa shape index (κ3) is 7.74. The van der Waals surface area contributed by atoms with Gasteiger partial charge in [0.1, 0.15) is 17.3 Å². The van der Waals surface area contributed by atoms with Gasteiger partial charge in [-0.3, -0.25) is 4.79 Å². The van der Waals surface area contributed by atoms with E-state index >= 15 is 0 Å². The van der Waals surface area contributed by atoms with Crippen LogP contribution in [0.1, 0.15) is 29.5 Å². The van der Waals surface area contributed by atoms with Crippen LogP contribution < -0.4 is 9.47 Å². The first-order valence-corrected chi connectivity index (χ1v) is 14.4. The topological polar surface area (TPSA) is 128 Å². The zero-order chi connectivity index (χ0) is 30.3. The Hall–Kier alpha value is -4.68. The molecule has 11 nitrogen and oxygen atoms in total. The highest BCUT2D eigenvalue weighted by Gasteiger charge is 2.34. The van der Waals surface area contributed by atoms with E-state index in [2.05, 4.69) is 4.98 Å². The summed E-state index contributed by atoms with van der Waals surface area (Å²) in [6, 6.07) is 22.5. The van der Waals surface area contributed by atoms with Crippen LogP contribution in [-0.2, 0) is 32.8 Å². The summed E-state index contributed by atoms with van der Waals surface area (Å²) in [6.45, 7) is 4.91. The number of aryl methyl sites for hydroxylation is 2. The lowest BCUT2D eigenvalue weighted by molar-refractivity contribution is -0.168. The van der Waals surface area contributed by atoms with E-state index in [1.54, 1.807) is 42.5 Å². The Balaban J connectivity index is 1.36. The summed E-state index contributed by atoms with van der Waals surface area (Å²) in [7, 11) is -3.58. The molecule has 3 aromatic carbocycles. The molecule has 12 heteroatoms. The molecule has 0 radical (unpaired) electrons. The van der Waals surface area contributed by atoms with Gasteiger partial charge in [0.25, 0.3) is 0 Å². The highest BCUT2D eigenvalue weighted by atomic mass is 32.2. The van der Waals surface area contributed by atoms with Crippen LogP contribution in [0.5, 0.6) is 11.5 Å². The Morgan fingerprint density at radius 2 is 1.57 bits per heavy atom. The van der Waals surface area contributed by atoms with Crippen molar-refractivity contribution in [3.05, 3.63) is 101 Å². The molecule has 42 heavy (non-hydrogen) atoms. The number of amides is 1. The van der Waals surface area contributed by atoms with Gasteiger partial charge in [-0.2, -0.15) is 12.7 Å². The molecule has 4 aromatic rings. The Morgan fingerprint density at radius 1 is 0.905 bits per heavy atom. The summed E-state index contributed by atoms with van der Waals surface area (Å²) < 4.78 is 43.8. The van der Waals surface area contributed by atoms with Gasteiger partial charge >= 0.3 is 22.3 Å². The average molecular weight is 594 g/mol. The molecule has 0 spiro atoms. The van der Waals surface area contributed by atoms with Crippen molar-refractivity contribution >= 4 is 22.3 Å². The van der Waals surface area contributed by atoms with Crippen molar-refractivity contribution in [3.8, 4) is 23.0 Å². The maximum atomic E-state index is 13.1. The highest BCUT2D eigenvalue weighted by Crippen LogP contribution is 2.23. The third-order valence-corrected chi connectivity index (χ3v) is 7.63. The monoisotopic (exact) mass is 593 g/mol. The van der Waals surface area contributed by atoms with Crippen LogP contribution in [0, 0.1) is 13.8 Å². The number of carbonyl (C=O) groups is 2. The smallest absolute Gasteiger partial charge is 0.429 e. The third-order valence-electron chi connectivity index (χ3n) is 6.07. The predicted octanol–water partition coefficient (Wildman–Crippen LogP) is 5.24. The lowest BCUT2D eigenvalue weighted by Crippen LogP contribution is -2.46. The number of para-hydroxylation sites is 1. The normalized spacial score (nSPS) is 11.3. The van der Waals surface area contributed by atoms with Gasteiger partial charge in [0, 0.05) is 26.0 Å². The summed E-state index contributed by atoms with van der Waals surface area (Å²) in [5, 5.41) is 0. The molecular weight excluding hydrogens is 562 g/mol. The molecule has 0 bridgehead atoms. The van der Waals surface area contributed by atoms with Gasteiger partial charge < -0.3 is 18.7 Å². The van der Waals surface area contributed by atoms with Crippen LogP contribution in [0.4, 0.5) is 4.79 Å². The molecule has 1 amide bonds. The number of hydrogen-bond acceptors (Lipinski definition) is 9. The first-order chi connectivity index (χ1) is 20.0. The number of ether oxygens (including phenoxy) is 2. The SMILES string of the molecule is CC(=O)ON(Cc1ccc(OCCc2nc(-c3ccc(C)cc3)oc2C)cc1)S(=O)(=O)N(C)C(=O)Oc1ccccc1. The van der Waals surface area contributed by atoms with Crippen LogP contribution in [0.15, 0.2) is 83.3 Å². The van der Waals surface area contributed by atoms with Crippen molar-refractivity contribution < 1.29 is 36.7 Å². The maximum absolute atomic E-state index is 13.1. The Kier molecular flexibility index (Phi) is 9.60. The Labute approximate surface area is 244 Å². The summed E-state index contributed by atoms with van der Waals surface area (Å²) in [6.07, 6.45) is -0.650. The summed E-state index contributed by atoms with van der Waals surface area (Å²) in [5.74, 6) is 1.10. The first kappa shape index (κ1) is 30.3. The second-order valence-corrected chi connectivity index (χ2v) is 11.2. The lowest BCUT2D eigenvalue weighted by Gasteiger charge is -2.25. The molecule has 0 saturated heterocycles. The molecule has 0 aliphatic heterocycles. The number of carbonyl (C=O) groups excluding carboxylic acids is 2. The van der Waals surface area contributed by atoms with E-state index in [9.17, 15) is 18.0 Å². The molecule has 0 N–H and O–H groups in total. The van der Waals surface area contributed by atoms with Crippen LogP contribution in [0.3, 0.4) is 0 Å². The highest BCUT2D eigenvalue weighted by molar-refractivity contribution is 7.87. The van der Waals surface area contributed by atoms with Crippen molar-refractivity contribution in [1.29, 1.82) is 0 Å². The minimum Gasteiger partial charge on any atom is -0.493 e. The summed E-state index contributed by atoms with van der Waals surface area (Å²) in [4.78, 5) is 33.7. The zero-order valence-corrected chi connectivity index (χ0v) is 24.5. The number of hydrogen-bond donors (Lipinski definition) is 0. The van der Waals surface area contributed by atoms with Crippen LogP contribution in [0.25, 0.3) is 11.5 Å². The molecule has 0 atom stereocenters. The molecule has 4 rings (SSSR count). The van der Waals surface area contributed by atoms with E-state index in [0.717, 1.165) is 30.8 Å². The van der Waals surface area contributed by atoms with Crippen LogP contribution in [0.2, 0.25) is 0 Å². The molecule has 0 saturated carbocycles. The Bertz CT molecular complexity index is 1620. The van der Waals surface area contributed by atoms with Gasteiger partial charge in [-0.25, -0.2) is 9.78 Å². The number of benzene rings is 3. The van der Waals surface area contributed by atoms with Gasteiger partial charge in [-0.1, -0.05) is 48.0 Å². The fraction of sp³-hybridized carbons (Fsp3) is 0.233. The molecule has 0 fully saturated rings. The second kappa shape index (κ2) is 13.3. The summed E-state index contributed by atoms with van der Waals surface area (Å²) in [5.41, 5.74) is 3.32. The standard InChI is InChI=1S/C30H31N3O8S/c1-21-10-14-25(15-11-21)29-31-28(22(2)39-29)18-19-38-26-16-12-24(13-17-26)20-33(41-23(3)34)42(36,37)32(4)30(35)40-27-8-6-5-7-9-27/h5-17H,18-20H2,1-4H3. The van der Waals surface area contributed by atoms with Gasteiger partial charge in [-0.05, 0) is 60.3 Å². The average Bonchev–Trinajstić information content (AvgIpc) is 3.33. The van der Waals surface area contributed by atoms with E-state index < -0.39 is 22.3 Å². The van der Waals surface area contributed by atoms with Gasteiger partial charge in [0.15, 0.2) is 0 Å². The first-order valence-electron chi connectivity index (χ1n) is 13.0. The molecule has 1 aromatic heterocycles. The fourth-order valence-corrected chi connectivity index (χ4v) is 4.78. The van der Waals surface area contributed by atoms with E-state index in [-0.39, 0.29) is 12.3 Å². The molecule has 0 aliphatic rings. The molecule has 0 unspecified atom stereocenters. The van der Waals surface area contributed by atoms with Crippen LogP contribution in [-0.4, -0.2) is 47.9 Å². The minimum atomic E-state index is -4.59. The number of nitrogens with zero attached hydrogens (tertiary/aromatic N) is 3. The van der Waals surface area contributed by atoms with Crippen molar-refractivity contribution in [2.24, 2.45) is 0 Å². The molecule has 220 valence electrons. The maximum Gasteiger partial charge on any atom is 0.429 e. The largest absolute Gasteiger partial charge is 0.493 e. The lowest BCUT2D eigenvalue weighted by atomic mass is 10.1. The fourth-order valence-electron chi connectivity index (χ4n) is 3.77. The number of oxazole rings is 1. The van der Waals surface area contributed by atoms with E-state index in [1.165, 1.54) is 12.1 Å². The van der Waals surface area contributed by atoms with E-state index in [4.69, 9.17) is 18.7 Å². The zero-order valence-electron chi connectivity index (χ0n) is 23.6. The van der Waals surface area contributed by atoms with Gasteiger partial charge in [0.05, 0.1) is 18.8 Å². The molecule has 1 heterocycles. The van der Waals surface area contributed by atoms with Crippen molar-refractivity contribution in [1.82, 2.24) is 13.8 Å².